The first kappa shape index (κ1) is 19.0. The average Bonchev–Trinajstić information content (AvgIpc) is 2.57. The Bertz CT molecular complexity index is 685. The minimum absolute atomic E-state index is 0.0874. The molecule has 24 heavy (non-hydrogen) atoms. The maximum Gasteiger partial charge on any atom is 0.227 e. The number of piperidine rings is 1. The number of carbonyl (C=O) groups excluding carboxylic acids is 1. The van der Waals surface area contributed by atoms with Gasteiger partial charge < -0.3 is 10.1 Å². The van der Waals surface area contributed by atoms with Crippen molar-refractivity contribution in [2.45, 2.75) is 26.7 Å². The molecule has 1 fully saturated rings. The molecule has 6 nitrogen and oxygen atoms in total. The molecule has 1 amide bonds. The van der Waals surface area contributed by atoms with Crippen LogP contribution in [0.2, 0.25) is 5.02 Å². The largest absolute Gasteiger partial charge is 0.492 e. The molecule has 1 saturated heterocycles. The normalized spacial score (nSPS) is 16.8. The second kappa shape index (κ2) is 8.18. The van der Waals surface area contributed by atoms with Gasteiger partial charge in [-0.25, -0.2) is 12.7 Å². The molecule has 1 aromatic carbocycles. The molecular formula is C16H23ClN2O4S. The van der Waals surface area contributed by atoms with Gasteiger partial charge in [0.15, 0.2) is 0 Å². The van der Waals surface area contributed by atoms with E-state index >= 15 is 0 Å². The number of nitrogens with zero attached hydrogens (tertiary/aromatic N) is 1. The number of benzene rings is 1. The summed E-state index contributed by atoms with van der Waals surface area (Å²) in [7, 11) is -3.18. The zero-order chi connectivity index (χ0) is 17.7. The Hall–Kier alpha value is -1.31. The van der Waals surface area contributed by atoms with Crippen LogP contribution in [0.5, 0.6) is 5.75 Å². The van der Waals surface area contributed by atoms with Crippen LogP contribution in [-0.2, 0) is 14.8 Å². The van der Waals surface area contributed by atoms with Gasteiger partial charge in [0.05, 0.1) is 18.0 Å². The first-order valence-electron chi connectivity index (χ1n) is 8.08. The van der Waals surface area contributed by atoms with E-state index in [0.29, 0.717) is 49.0 Å². The molecule has 1 N–H and O–H groups in total. The van der Waals surface area contributed by atoms with Crippen molar-refractivity contribution in [1.29, 1.82) is 0 Å². The third kappa shape index (κ3) is 4.62. The molecule has 134 valence electrons. The number of anilines is 1. The fourth-order valence-corrected chi connectivity index (χ4v) is 4.00. The lowest BCUT2D eigenvalue weighted by molar-refractivity contribution is -0.120. The Balaban J connectivity index is 2.01. The van der Waals surface area contributed by atoms with Gasteiger partial charge in [-0.1, -0.05) is 11.6 Å². The zero-order valence-corrected chi connectivity index (χ0v) is 15.5. The third-order valence-electron chi connectivity index (χ3n) is 4.08. The molecule has 1 aliphatic heterocycles. The van der Waals surface area contributed by atoms with Crippen LogP contribution in [-0.4, -0.2) is 44.1 Å². The number of amides is 1. The van der Waals surface area contributed by atoms with E-state index in [4.69, 9.17) is 16.3 Å². The van der Waals surface area contributed by atoms with Crippen molar-refractivity contribution in [1.82, 2.24) is 4.31 Å². The summed E-state index contributed by atoms with van der Waals surface area (Å²) in [5, 5.41) is 3.37. The highest BCUT2D eigenvalue weighted by molar-refractivity contribution is 7.89. The van der Waals surface area contributed by atoms with E-state index in [9.17, 15) is 13.2 Å². The molecule has 0 atom stereocenters. The fourth-order valence-electron chi connectivity index (χ4n) is 2.69. The van der Waals surface area contributed by atoms with Crippen molar-refractivity contribution in [3.63, 3.8) is 0 Å². The van der Waals surface area contributed by atoms with E-state index in [0.717, 1.165) is 0 Å². The number of ether oxygens (including phenoxy) is 1. The van der Waals surface area contributed by atoms with Crippen LogP contribution >= 0.6 is 11.6 Å². The minimum Gasteiger partial charge on any atom is -0.492 e. The number of hydrogen-bond donors (Lipinski definition) is 1. The quantitative estimate of drug-likeness (QED) is 0.830. The first-order valence-corrected chi connectivity index (χ1v) is 10.1. The van der Waals surface area contributed by atoms with Gasteiger partial charge >= 0.3 is 0 Å². The smallest absolute Gasteiger partial charge is 0.227 e. The van der Waals surface area contributed by atoms with Gasteiger partial charge in [0.2, 0.25) is 15.9 Å². The molecule has 2 rings (SSSR count). The summed E-state index contributed by atoms with van der Waals surface area (Å²) in [5.74, 6) is 0.305. The number of rotatable bonds is 6. The summed E-state index contributed by atoms with van der Waals surface area (Å²) >= 11 is 5.99. The fraction of sp³-hybridized carbons (Fsp3) is 0.562. The topological polar surface area (TPSA) is 75.7 Å². The lowest BCUT2D eigenvalue weighted by atomic mass is 9.97. The molecule has 1 heterocycles. The molecule has 1 aromatic rings. The minimum atomic E-state index is -3.18. The first-order chi connectivity index (χ1) is 11.4. The van der Waals surface area contributed by atoms with E-state index in [-0.39, 0.29) is 17.6 Å². The predicted octanol–water partition coefficient (Wildman–Crippen LogP) is 2.74. The van der Waals surface area contributed by atoms with Crippen LogP contribution in [0.4, 0.5) is 5.69 Å². The molecule has 0 bridgehead atoms. The van der Waals surface area contributed by atoms with Crippen LogP contribution in [0.1, 0.15) is 26.7 Å². The molecule has 8 heteroatoms. The summed E-state index contributed by atoms with van der Waals surface area (Å²) in [4.78, 5) is 12.5. The van der Waals surface area contributed by atoms with Gasteiger partial charge in [-0.3, -0.25) is 4.79 Å². The SMILES string of the molecule is CCOc1ccc(Cl)cc1NC(=O)C1CCN(S(=O)(=O)CC)CC1. The highest BCUT2D eigenvalue weighted by Gasteiger charge is 2.30. The molecule has 0 aromatic heterocycles. The van der Waals surface area contributed by atoms with E-state index in [2.05, 4.69) is 5.32 Å². The van der Waals surface area contributed by atoms with E-state index in [1.165, 1.54) is 4.31 Å². The zero-order valence-electron chi connectivity index (χ0n) is 13.9. The number of hydrogen-bond acceptors (Lipinski definition) is 4. The van der Waals surface area contributed by atoms with Crippen LogP contribution in [0.15, 0.2) is 18.2 Å². The van der Waals surface area contributed by atoms with E-state index in [1.54, 1.807) is 25.1 Å². The van der Waals surface area contributed by atoms with Crippen molar-refractivity contribution < 1.29 is 17.9 Å². The lowest BCUT2D eigenvalue weighted by Crippen LogP contribution is -2.42. The van der Waals surface area contributed by atoms with Gasteiger partial charge in [0, 0.05) is 24.0 Å². The van der Waals surface area contributed by atoms with Crippen molar-refractivity contribution >= 4 is 33.2 Å². The summed E-state index contributed by atoms with van der Waals surface area (Å²) in [6.45, 7) is 4.73. The van der Waals surface area contributed by atoms with Crippen LogP contribution in [0, 0.1) is 5.92 Å². The summed E-state index contributed by atoms with van der Waals surface area (Å²) in [6.07, 6.45) is 1.02. The highest BCUT2D eigenvalue weighted by atomic mass is 35.5. The van der Waals surface area contributed by atoms with Crippen molar-refractivity contribution in [3.8, 4) is 5.75 Å². The molecule has 0 radical (unpaired) electrons. The van der Waals surface area contributed by atoms with Gasteiger partial charge in [0.25, 0.3) is 0 Å². The van der Waals surface area contributed by atoms with Crippen molar-refractivity contribution in [2.75, 3.05) is 30.8 Å². The Morgan fingerprint density at radius 2 is 2.00 bits per heavy atom. The Morgan fingerprint density at radius 3 is 2.58 bits per heavy atom. The van der Waals surface area contributed by atoms with Gasteiger partial charge in [-0.05, 0) is 44.9 Å². The second-order valence-electron chi connectivity index (χ2n) is 5.64. The highest BCUT2D eigenvalue weighted by Crippen LogP contribution is 2.29. The summed E-state index contributed by atoms with van der Waals surface area (Å²) in [5.41, 5.74) is 0.540. The molecule has 0 saturated carbocycles. The third-order valence-corrected chi connectivity index (χ3v) is 6.20. The number of sulfonamides is 1. The number of nitrogens with one attached hydrogen (secondary N) is 1. The van der Waals surface area contributed by atoms with Crippen molar-refractivity contribution in [2.24, 2.45) is 5.92 Å². The van der Waals surface area contributed by atoms with Gasteiger partial charge in [-0.2, -0.15) is 0 Å². The maximum absolute atomic E-state index is 12.5. The molecule has 0 unspecified atom stereocenters. The van der Waals surface area contributed by atoms with E-state index < -0.39 is 10.0 Å². The molecule has 0 spiro atoms. The second-order valence-corrected chi connectivity index (χ2v) is 8.33. The van der Waals surface area contributed by atoms with E-state index in [1.807, 2.05) is 6.92 Å². The molecule has 1 aliphatic rings. The van der Waals surface area contributed by atoms with Crippen molar-refractivity contribution in [3.05, 3.63) is 23.2 Å². The van der Waals surface area contributed by atoms with Crippen LogP contribution in [0.25, 0.3) is 0 Å². The van der Waals surface area contributed by atoms with Crippen LogP contribution < -0.4 is 10.1 Å². The number of halogens is 1. The maximum atomic E-state index is 12.5. The van der Waals surface area contributed by atoms with Gasteiger partial charge in [0.1, 0.15) is 5.75 Å². The van der Waals surface area contributed by atoms with Crippen LogP contribution in [0.3, 0.4) is 0 Å². The van der Waals surface area contributed by atoms with Gasteiger partial charge in [-0.15, -0.1) is 0 Å². The Labute approximate surface area is 148 Å². The Kier molecular flexibility index (Phi) is 6.48. The number of carbonyl (C=O) groups is 1. The predicted molar refractivity (Wildman–Crippen MR) is 95.0 cm³/mol. The monoisotopic (exact) mass is 374 g/mol. The Morgan fingerprint density at radius 1 is 1.33 bits per heavy atom. The average molecular weight is 375 g/mol. The molecular weight excluding hydrogens is 352 g/mol. The summed E-state index contributed by atoms with van der Waals surface area (Å²) in [6, 6.07) is 5.08. The standard InChI is InChI=1S/C16H23ClN2O4S/c1-3-23-15-6-5-13(17)11-14(15)18-16(20)12-7-9-19(10-8-12)24(21,22)4-2/h5-6,11-12H,3-4,7-10H2,1-2H3,(H,18,20). The lowest BCUT2D eigenvalue weighted by Gasteiger charge is -2.30. The summed E-state index contributed by atoms with van der Waals surface area (Å²) < 4.78 is 30.7. The molecule has 0 aliphatic carbocycles.